The third-order valence-corrected chi connectivity index (χ3v) is 6.02. The molecule has 0 radical (unpaired) electrons. The normalized spacial score (nSPS) is 13.0. The van der Waals surface area contributed by atoms with Crippen LogP contribution in [-0.4, -0.2) is 35.8 Å². The summed E-state index contributed by atoms with van der Waals surface area (Å²) in [4.78, 5) is 13.2. The van der Waals surface area contributed by atoms with Gasteiger partial charge >= 0.3 is 0 Å². The van der Waals surface area contributed by atoms with Gasteiger partial charge in [-0.15, -0.1) is 0 Å². The van der Waals surface area contributed by atoms with Crippen LogP contribution in [0.5, 0.6) is 0 Å². The third-order valence-electron chi connectivity index (χ3n) is 5.29. The fourth-order valence-corrected chi connectivity index (χ4v) is 4.42. The zero-order valence-corrected chi connectivity index (χ0v) is 18.7. The molecule has 0 spiro atoms. The molecule has 0 aliphatic carbocycles. The average molecular weight is 470 g/mol. The molecule has 3 rings (SSSR count). The molecule has 3 aromatic rings. The number of alkyl halides is 2. The molecule has 2 aromatic carbocycles. The van der Waals surface area contributed by atoms with E-state index in [-0.39, 0.29) is 22.8 Å². The molecule has 0 aliphatic heterocycles. The van der Waals surface area contributed by atoms with Crippen LogP contribution in [0.25, 0.3) is 10.9 Å². The molecule has 166 valence electrons. The van der Waals surface area contributed by atoms with Gasteiger partial charge in [-0.05, 0) is 17.7 Å². The Labute approximate surface area is 189 Å². The van der Waals surface area contributed by atoms with Crippen molar-refractivity contribution in [3.63, 3.8) is 0 Å². The molecule has 8 heteroatoms. The smallest absolute Gasteiger partial charge is 0.271 e. The number of carbonyl (C=O) groups excluding carboxylic acids is 1. The van der Waals surface area contributed by atoms with Crippen LogP contribution in [0.2, 0.25) is 10.0 Å². The van der Waals surface area contributed by atoms with Crippen molar-refractivity contribution in [2.24, 2.45) is 0 Å². The topological polar surface area (TPSA) is 51.5 Å². The van der Waals surface area contributed by atoms with Crippen molar-refractivity contribution in [3.8, 4) is 0 Å². The largest absolute Gasteiger partial charge is 0.396 e. The highest BCUT2D eigenvalue weighted by molar-refractivity contribution is 6.37. The second kappa shape index (κ2) is 9.65. The maximum Gasteiger partial charge on any atom is 0.271 e. The maximum atomic E-state index is 13.9. The quantitative estimate of drug-likeness (QED) is 0.387. The third kappa shape index (κ3) is 4.93. The molecule has 0 bridgehead atoms. The zero-order valence-electron chi connectivity index (χ0n) is 17.2. The molecule has 1 unspecified atom stereocenters. The number of aromatic nitrogens is 1. The highest BCUT2D eigenvalue weighted by Crippen LogP contribution is 2.39. The van der Waals surface area contributed by atoms with Gasteiger partial charge in [0.15, 0.2) is 5.78 Å². The SMILES string of the molecule is COCCn1cc(C(=O)CC(CO)c2cccc(C(C)(F)F)c2Cl)c2c(Cl)cccc21. The summed E-state index contributed by atoms with van der Waals surface area (Å²) in [6, 6.07) is 9.62. The monoisotopic (exact) mass is 469 g/mol. The predicted molar refractivity (Wildman–Crippen MR) is 119 cm³/mol. The van der Waals surface area contributed by atoms with Crippen LogP contribution in [0.15, 0.2) is 42.6 Å². The minimum Gasteiger partial charge on any atom is -0.396 e. The van der Waals surface area contributed by atoms with E-state index >= 15 is 0 Å². The highest BCUT2D eigenvalue weighted by atomic mass is 35.5. The molecule has 1 heterocycles. The number of ether oxygens (including phenoxy) is 1. The van der Waals surface area contributed by atoms with Gasteiger partial charge in [0.1, 0.15) is 0 Å². The fourth-order valence-electron chi connectivity index (χ4n) is 3.71. The van der Waals surface area contributed by atoms with Crippen molar-refractivity contribution in [1.82, 2.24) is 4.57 Å². The number of benzene rings is 2. The summed E-state index contributed by atoms with van der Waals surface area (Å²) in [5.74, 6) is -4.14. The van der Waals surface area contributed by atoms with Crippen LogP contribution < -0.4 is 0 Å². The molecule has 0 saturated heterocycles. The minimum atomic E-state index is -3.14. The van der Waals surface area contributed by atoms with E-state index in [2.05, 4.69) is 0 Å². The molecule has 1 N–H and O–H groups in total. The lowest BCUT2D eigenvalue weighted by atomic mass is 9.90. The molecule has 0 aliphatic rings. The van der Waals surface area contributed by atoms with E-state index in [9.17, 15) is 18.7 Å². The van der Waals surface area contributed by atoms with Gasteiger partial charge in [0.25, 0.3) is 5.92 Å². The first-order chi connectivity index (χ1) is 14.7. The zero-order chi connectivity index (χ0) is 22.8. The first-order valence-electron chi connectivity index (χ1n) is 9.76. The Morgan fingerprint density at radius 2 is 1.94 bits per heavy atom. The lowest BCUT2D eigenvalue weighted by Crippen LogP contribution is -2.14. The average Bonchev–Trinajstić information content (AvgIpc) is 3.10. The maximum absolute atomic E-state index is 13.9. The van der Waals surface area contributed by atoms with Crippen molar-refractivity contribution in [3.05, 3.63) is 69.3 Å². The number of aliphatic hydroxyl groups excluding tert-OH is 1. The lowest BCUT2D eigenvalue weighted by molar-refractivity contribution is 0.0174. The van der Waals surface area contributed by atoms with Gasteiger partial charge in [0, 0.05) is 55.6 Å². The Hall–Kier alpha value is -1.99. The van der Waals surface area contributed by atoms with Crippen LogP contribution in [0.3, 0.4) is 0 Å². The van der Waals surface area contributed by atoms with Gasteiger partial charge in [-0.1, -0.05) is 47.5 Å². The number of nitrogens with zero attached hydrogens (tertiary/aromatic N) is 1. The summed E-state index contributed by atoms with van der Waals surface area (Å²) in [6.07, 6.45) is 1.61. The summed E-state index contributed by atoms with van der Waals surface area (Å²) < 4.78 is 34.8. The highest BCUT2D eigenvalue weighted by Gasteiger charge is 2.30. The number of aliphatic hydroxyl groups is 1. The molecule has 1 aromatic heterocycles. The summed E-state index contributed by atoms with van der Waals surface area (Å²) in [7, 11) is 1.59. The number of hydrogen-bond acceptors (Lipinski definition) is 3. The molecule has 1 atom stereocenters. The molecule has 0 fully saturated rings. The van der Waals surface area contributed by atoms with Crippen LogP contribution in [0, 0.1) is 0 Å². The van der Waals surface area contributed by atoms with Gasteiger partial charge in [0.05, 0.1) is 28.8 Å². The van der Waals surface area contributed by atoms with Crippen molar-refractivity contribution in [1.29, 1.82) is 0 Å². The second-order valence-corrected chi connectivity index (χ2v) is 8.25. The Morgan fingerprint density at radius 1 is 1.23 bits per heavy atom. The summed E-state index contributed by atoms with van der Waals surface area (Å²) in [5.41, 5.74) is 1.17. The first kappa shape index (κ1) is 23.7. The molecule has 31 heavy (non-hydrogen) atoms. The van der Waals surface area contributed by atoms with Crippen molar-refractivity contribution < 1.29 is 23.4 Å². The van der Waals surface area contributed by atoms with Crippen molar-refractivity contribution >= 4 is 39.9 Å². The Morgan fingerprint density at radius 3 is 2.58 bits per heavy atom. The Kier molecular flexibility index (Phi) is 7.37. The van der Waals surface area contributed by atoms with E-state index in [1.54, 1.807) is 31.5 Å². The van der Waals surface area contributed by atoms with E-state index in [1.807, 2.05) is 10.6 Å². The Bertz CT molecular complexity index is 1090. The summed E-state index contributed by atoms with van der Waals surface area (Å²) in [6.45, 7) is 1.33. The van der Waals surface area contributed by atoms with E-state index in [0.717, 1.165) is 12.4 Å². The van der Waals surface area contributed by atoms with Gasteiger partial charge in [-0.2, -0.15) is 0 Å². The fraction of sp³-hybridized carbons (Fsp3) is 0.348. The number of Topliss-reactive ketones (excluding diaryl/α,β-unsaturated/α-hetero) is 1. The second-order valence-electron chi connectivity index (χ2n) is 7.47. The summed E-state index contributed by atoms with van der Waals surface area (Å²) in [5, 5.41) is 10.8. The number of hydrogen-bond donors (Lipinski definition) is 1. The van der Waals surface area contributed by atoms with Crippen molar-refractivity contribution in [2.45, 2.75) is 31.7 Å². The minimum absolute atomic E-state index is 0.108. The molecule has 4 nitrogen and oxygen atoms in total. The van der Waals surface area contributed by atoms with E-state index in [1.165, 1.54) is 12.1 Å². The number of rotatable bonds is 9. The van der Waals surface area contributed by atoms with Crippen LogP contribution in [-0.2, 0) is 17.2 Å². The van der Waals surface area contributed by atoms with Crippen LogP contribution >= 0.6 is 23.2 Å². The molecular formula is C23H23Cl2F2NO3. The number of fused-ring (bicyclic) bond motifs is 1. The standard InChI is InChI=1S/C23H23Cl2F2NO3/c1-23(26,27)17-6-3-5-15(22(17)25)14(13-29)11-20(30)16-12-28(9-10-31-2)19-8-4-7-18(24)21(16)19/h3-8,12,14,29H,9-11,13H2,1-2H3. The lowest BCUT2D eigenvalue weighted by Gasteiger charge is -2.20. The number of ketones is 1. The van der Waals surface area contributed by atoms with Crippen LogP contribution in [0.1, 0.15) is 40.7 Å². The number of methoxy groups -OCH3 is 1. The molecular weight excluding hydrogens is 447 g/mol. The number of carbonyl (C=O) groups is 1. The van der Waals surface area contributed by atoms with Gasteiger partial charge in [0.2, 0.25) is 0 Å². The Balaban J connectivity index is 1.98. The van der Waals surface area contributed by atoms with Gasteiger partial charge < -0.3 is 14.4 Å². The van der Waals surface area contributed by atoms with Gasteiger partial charge in [-0.25, -0.2) is 8.78 Å². The van der Waals surface area contributed by atoms with Gasteiger partial charge in [-0.3, -0.25) is 4.79 Å². The van der Waals surface area contributed by atoms with E-state index in [4.69, 9.17) is 27.9 Å². The predicted octanol–water partition coefficient (Wildman–Crippen LogP) is 6.06. The molecule has 0 amide bonds. The number of halogens is 4. The van der Waals surface area contributed by atoms with Crippen molar-refractivity contribution in [2.75, 3.05) is 20.3 Å². The first-order valence-corrected chi connectivity index (χ1v) is 10.5. The molecule has 0 saturated carbocycles. The van der Waals surface area contributed by atoms with E-state index in [0.29, 0.717) is 34.7 Å². The van der Waals surface area contributed by atoms with Crippen LogP contribution in [0.4, 0.5) is 8.78 Å². The summed E-state index contributed by atoms with van der Waals surface area (Å²) >= 11 is 12.6. The van der Waals surface area contributed by atoms with E-state index < -0.39 is 18.4 Å².